The molecule has 140 valence electrons. The van der Waals surface area contributed by atoms with Crippen molar-refractivity contribution in [3.8, 4) is 0 Å². The van der Waals surface area contributed by atoms with E-state index in [2.05, 4.69) is 18.7 Å². The first-order valence-corrected chi connectivity index (χ1v) is 10.1. The van der Waals surface area contributed by atoms with Crippen molar-refractivity contribution in [2.75, 3.05) is 32.9 Å². The second kappa shape index (κ2) is 6.55. The maximum Gasteiger partial charge on any atom is 0.243 e. The third-order valence-corrected chi connectivity index (χ3v) is 7.30. The minimum Gasteiger partial charge on any atom is -0.380 e. The van der Waals surface area contributed by atoms with Gasteiger partial charge in [-0.2, -0.15) is 0 Å². The van der Waals surface area contributed by atoms with E-state index >= 15 is 0 Å². The third-order valence-electron chi connectivity index (χ3n) is 5.92. The number of likely N-dealkylation sites (tertiary alicyclic amines) is 1. The summed E-state index contributed by atoms with van der Waals surface area (Å²) >= 11 is 1.56. The van der Waals surface area contributed by atoms with E-state index < -0.39 is 6.43 Å². The van der Waals surface area contributed by atoms with Gasteiger partial charge in [0.15, 0.2) is 0 Å². The molecule has 4 rings (SSSR count). The average molecular weight is 371 g/mol. The fourth-order valence-corrected chi connectivity index (χ4v) is 5.98. The molecule has 0 N–H and O–H groups in total. The van der Waals surface area contributed by atoms with Gasteiger partial charge in [0.2, 0.25) is 6.43 Å². The van der Waals surface area contributed by atoms with Gasteiger partial charge in [0.05, 0.1) is 19.8 Å². The lowest BCUT2D eigenvalue weighted by atomic mass is 9.80. The zero-order chi connectivity index (χ0) is 17.7. The monoisotopic (exact) mass is 371 g/mol. The lowest BCUT2D eigenvalue weighted by molar-refractivity contribution is -0.144. The molecule has 1 spiro atoms. The fraction of sp³-hybridized carbons (Fsp3) is 0.789. The molecule has 2 atom stereocenters. The van der Waals surface area contributed by atoms with Crippen LogP contribution in [0.1, 0.15) is 42.0 Å². The second-order valence-electron chi connectivity index (χ2n) is 8.33. The Morgan fingerprint density at radius 1 is 1.40 bits per heavy atom. The largest absolute Gasteiger partial charge is 0.380 e. The summed E-state index contributed by atoms with van der Waals surface area (Å²) in [4.78, 5) is 4.58. The van der Waals surface area contributed by atoms with Gasteiger partial charge >= 0.3 is 0 Å². The van der Waals surface area contributed by atoms with Gasteiger partial charge in [-0.3, -0.25) is 4.90 Å². The molecule has 0 amide bonds. The number of thiophene rings is 1. The van der Waals surface area contributed by atoms with E-state index in [0.717, 1.165) is 50.4 Å². The van der Waals surface area contributed by atoms with Gasteiger partial charge in [0, 0.05) is 40.7 Å². The molecular formula is C19H27F2NO2S. The summed E-state index contributed by atoms with van der Waals surface area (Å²) in [7, 11) is 0. The lowest BCUT2D eigenvalue weighted by Gasteiger charge is -2.50. The molecule has 0 unspecified atom stereocenters. The van der Waals surface area contributed by atoms with Crippen molar-refractivity contribution in [2.24, 2.45) is 5.41 Å². The van der Waals surface area contributed by atoms with E-state index in [9.17, 15) is 8.78 Å². The average Bonchev–Trinajstić information content (AvgIpc) is 2.92. The molecule has 4 heterocycles. The molecule has 3 nitrogen and oxygen atoms in total. The van der Waals surface area contributed by atoms with Crippen LogP contribution in [0, 0.1) is 5.41 Å². The summed E-state index contributed by atoms with van der Waals surface area (Å²) < 4.78 is 37.3. The SMILES string of the molecule is C[C@H]1C[C@@]2(CCN1CC1(C)COC1)OCCc1cc(CC(F)F)sc12. The van der Waals surface area contributed by atoms with Gasteiger partial charge < -0.3 is 9.47 Å². The first-order chi connectivity index (χ1) is 11.9. The van der Waals surface area contributed by atoms with Crippen LogP contribution >= 0.6 is 11.3 Å². The van der Waals surface area contributed by atoms with Crippen LogP contribution in [0.15, 0.2) is 6.07 Å². The van der Waals surface area contributed by atoms with Crippen LogP contribution in [0.3, 0.4) is 0 Å². The third kappa shape index (κ3) is 3.38. The van der Waals surface area contributed by atoms with E-state index in [1.165, 1.54) is 10.4 Å². The standard InChI is InChI=1S/C19H27F2NO2S/c1-13-9-19(4-5-22(13)10-18(2)11-23-12-18)17-14(3-6-24-19)7-15(25-17)8-16(20)21/h7,13,16H,3-6,8-12H2,1-2H3/t13-,19+/m0/s1. The van der Waals surface area contributed by atoms with E-state index in [1.807, 2.05) is 6.07 Å². The van der Waals surface area contributed by atoms with Crippen LogP contribution in [0.4, 0.5) is 8.78 Å². The first-order valence-electron chi connectivity index (χ1n) is 9.25. The number of hydrogen-bond acceptors (Lipinski definition) is 4. The van der Waals surface area contributed by atoms with Gasteiger partial charge in [-0.15, -0.1) is 11.3 Å². The second-order valence-corrected chi connectivity index (χ2v) is 9.47. The van der Waals surface area contributed by atoms with E-state index in [0.29, 0.717) is 12.6 Å². The fourth-order valence-electron chi connectivity index (χ4n) is 4.59. The Balaban J connectivity index is 1.51. The molecular weight excluding hydrogens is 344 g/mol. The van der Waals surface area contributed by atoms with Gasteiger partial charge in [-0.1, -0.05) is 6.92 Å². The molecule has 0 aromatic carbocycles. The van der Waals surface area contributed by atoms with Gasteiger partial charge in [0.1, 0.15) is 5.60 Å². The van der Waals surface area contributed by atoms with Crippen molar-refractivity contribution in [2.45, 2.75) is 57.6 Å². The predicted molar refractivity (Wildman–Crippen MR) is 94.6 cm³/mol. The normalized spacial score (nSPS) is 32.0. The van der Waals surface area contributed by atoms with Crippen LogP contribution in [0.5, 0.6) is 0 Å². The molecule has 1 aromatic heterocycles. The van der Waals surface area contributed by atoms with Crippen LogP contribution in [-0.2, 0) is 27.9 Å². The molecule has 2 fully saturated rings. The van der Waals surface area contributed by atoms with Crippen molar-refractivity contribution in [3.05, 3.63) is 21.4 Å². The van der Waals surface area contributed by atoms with Crippen molar-refractivity contribution in [1.82, 2.24) is 4.90 Å². The molecule has 1 aromatic rings. The highest BCUT2D eigenvalue weighted by Gasteiger charge is 2.46. The number of ether oxygens (including phenoxy) is 2. The first kappa shape index (κ1) is 17.8. The van der Waals surface area contributed by atoms with Gasteiger partial charge in [-0.05, 0) is 37.8 Å². The van der Waals surface area contributed by atoms with Crippen molar-refractivity contribution in [3.63, 3.8) is 0 Å². The van der Waals surface area contributed by atoms with Crippen molar-refractivity contribution >= 4 is 11.3 Å². The highest BCUT2D eigenvalue weighted by atomic mass is 32.1. The summed E-state index contributed by atoms with van der Waals surface area (Å²) in [6, 6.07) is 2.43. The molecule has 0 aliphatic carbocycles. The topological polar surface area (TPSA) is 21.7 Å². The van der Waals surface area contributed by atoms with Crippen LogP contribution < -0.4 is 0 Å². The Morgan fingerprint density at radius 2 is 2.20 bits per heavy atom. The highest BCUT2D eigenvalue weighted by Crippen LogP contribution is 2.47. The quantitative estimate of drug-likeness (QED) is 0.803. The Morgan fingerprint density at radius 3 is 2.84 bits per heavy atom. The Bertz CT molecular complexity index is 631. The minimum atomic E-state index is -2.27. The number of nitrogens with zero attached hydrogens (tertiary/aromatic N) is 1. The number of alkyl halides is 2. The summed E-state index contributed by atoms with van der Waals surface area (Å²) in [5.74, 6) is 0. The molecule has 25 heavy (non-hydrogen) atoms. The Hall–Kier alpha value is -0.560. The number of hydrogen-bond donors (Lipinski definition) is 0. The zero-order valence-electron chi connectivity index (χ0n) is 15.0. The van der Waals surface area contributed by atoms with Crippen molar-refractivity contribution < 1.29 is 18.3 Å². The van der Waals surface area contributed by atoms with E-state index in [-0.39, 0.29) is 17.4 Å². The molecule has 0 saturated carbocycles. The van der Waals surface area contributed by atoms with Crippen LogP contribution in [0.2, 0.25) is 0 Å². The summed E-state index contributed by atoms with van der Waals surface area (Å²) in [6.45, 7) is 9.04. The molecule has 0 radical (unpaired) electrons. The van der Waals surface area contributed by atoms with Crippen LogP contribution in [-0.4, -0.2) is 50.3 Å². The Kier molecular flexibility index (Phi) is 4.67. The lowest BCUT2D eigenvalue weighted by Crippen LogP contribution is -2.56. The van der Waals surface area contributed by atoms with Crippen molar-refractivity contribution in [1.29, 1.82) is 0 Å². The van der Waals surface area contributed by atoms with Crippen LogP contribution in [0.25, 0.3) is 0 Å². The van der Waals surface area contributed by atoms with Gasteiger partial charge in [-0.25, -0.2) is 8.78 Å². The summed E-state index contributed by atoms with van der Waals surface area (Å²) in [6.07, 6.45) is 0.350. The summed E-state index contributed by atoms with van der Waals surface area (Å²) in [5, 5.41) is 0. The predicted octanol–water partition coefficient (Wildman–Crippen LogP) is 3.84. The molecule has 0 bridgehead atoms. The maximum atomic E-state index is 12.8. The number of halogens is 2. The molecule has 3 aliphatic rings. The molecule has 6 heteroatoms. The van der Waals surface area contributed by atoms with E-state index in [1.54, 1.807) is 11.3 Å². The van der Waals surface area contributed by atoms with Gasteiger partial charge in [0.25, 0.3) is 0 Å². The van der Waals surface area contributed by atoms with E-state index in [4.69, 9.17) is 9.47 Å². The number of piperidine rings is 1. The number of fused-ring (bicyclic) bond motifs is 2. The minimum absolute atomic E-state index is 0.131. The highest BCUT2D eigenvalue weighted by molar-refractivity contribution is 7.12. The maximum absolute atomic E-state index is 12.8. The number of rotatable bonds is 4. The zero-order valence-corrected chi connectivity index (χ0v) is 15.8. The molecule has 2 saturated heterocycles. The summed E-state index contributed by atoms with van der Waals surface area (Å²) in [5.41, 5.74) is 1.27. The Labute approximate surface area is 152 Å². The smallest absolute Gasteiger partial charge is 0.243 e. The molecule has 3 aliphatic heterocycles.